The van der Waals surface area contributed by atoms with Crippen molar-refractivity contribution in [3.63, 3.8) is 0 Å². The Morgan fingerprint density at radius 3 is 2.00 bits per heavy atom. The fourth-order valence-corrected chi connectivity index (χ4v) is 14.5. The average molecular weight is 944 g/mol. The van der Waals surface area contributed by atoms with Crippen molar-refractivity contribution in [1.82, 2.24) is 5.32 Å². The second kappa shape index (κ2) is 19.4. The van der Waals surface area contributed by atoms with Crippen LogP contribution in [-0.2, 0) is 33.0 Å². The molecule has 0 aromatic heterocycles. The summed E-state index contributed by atoms with van der Waals surface area (Å²) in [5, 5.41) is 42.5. The molecule has 4 aliphatic rings. The highest BCUT2D eigenvalue weighted by Gasteiger charge is 2.77. The van der Waals surface area contributed by atoms with Gasteiger partial charge in [-0.05, 0) is 79.2 Å². The minimum absolute atomic E-state index is 0.0420. The molecule has 2 saturated carbocycles. The van der Waals surface area contributed by atoms with Gasteiger partial charge in [0.2, 0.25) is 0 Å². The molecule has 356 valence electrons. The Labute approximate surface area is 393 Å². The van der Waals surface area contributed by atoms with Crippen LogP contribution in [0.3, 0.4) is 0 Å². The van der Waals surface area contributed by atoms with Crippen molar-refractivity contribution in [3.8, 4) is 0 Å². The van der Waals surface area contributed by atoms with Crippen LogP contribution in [0.15, 0.2) is 102 Å². The van der Waals surface area contributed by atoms with Gasteiger partial charge in [0.25, 0.3) is 5.91 Å². The molecule has 1 amide bonds. The van der Waals surface area contributed by atoms with Crippen LogP contribution in [0.5, 0.6) is 0 Å². The van der Waals surface area contributed by atoms with Gasteiger partial charge in [-0.15, -0.1) is 11.8 Å². The minimum atomic E-state index is -2.52. The monoisotopic (exact) mass is 943 g/mol. The van der Waals surface area contributed by atoms with Crippen molar-refractivity contribution in [2.24, 2.45) is 16.7 Å². The highest BCUT2D eigenvalue weighted by molar-refractivity contribution is 7.98. The third-order valence-electron chi connectivity index (χ3n) is 15.6. The second-order valence-electron chi connectivity index (χ2n) is 19.1. The number of aliphatic hydroxyl groups excluding tert-OH is 1. The number of hydrogen-bond acceptors (Lipinski definition) is 13. The number of ketones is 1. The molecule has 1 aliphatic heterocycles. The molecule has 4 N–H and O–H groups in total. The van der Waals surface area contributed by atoms with Crippen LogP contribution in [-0.4, -0.2) is 114 Å². The maximum Gasteiger partial charge on any atom is 0.338 e. The van der Waals surface area contributed by atoms with Gasteiger partial charge in [-0.3, -0.25) is 9.59 Å². The van der Waals surface area contributed by atoms with Gasteiger partial charge < -0.3 is 44.0 Å². The molecule has 3 aliphatic carbocycles. The molecular formula is C51H65NO12SSi. The molecule has 15 heteroatoms. The lowest BCUT2D eigenvalue weighted by Gasteiger charge is -2.67. The average Bonchev–Trinajstić information content (AvgIpc) is 3.32. The molecule has 2 bridgehead atoms. The van der Waals surface area contributed by atoms with Gasteiger partial charge in [-0.2, -0.15) is 0 Å². The molecule has 66 heavy (non-hydrogen) atoms. The number of carbonyl (C=O) groups excluding carboxylic acids is 4. The second-order valence-corrected chi connectivity index (χ2v) is 24.6. The lowest BCUT2D eigenvalue weighted by molar-refractivity contribution is -0.342. The van der Waals surface area contributed by atoms with E-state index in [1.807, 2.05) is 6.07 Å². The van der Waals surface area contributed by atoms with Crippen LogP contribution in [0.4, 0.5) is 0 Å². The van der Waals surface area contributed by atoms with Crippen LogP contribution in [0.25, 0.3) is 0 Å². The van der Waals surface area contributed by atoms with Crippen LogP contribution in [0.2, 0.25) is 18.1 Å². The number of rotatable bonds is 16. The summed E-state index contributed by atoms with van der Waals surface area (Å²) in [6.07, 6.45) is -6.46. The zero-order valence-corrected chi connectivity index (χ0v) is 41.0. The predicted molar refractivity (Wildman–Crippen MR) is 252 cm³/mol. The van der Waals surface area contributed by atoms with Crippen molar-refractivity contribution in [1.29, 1.82) is 0 Å². The van der Waals surface area contributed by atoms with Gasteiger partial charge in [0.05, 0.1) is 41.8 Å². The Morgan fingerprint density at radius 2 is 1.45 bits per heavy atom. The number of amides is 1. The first kappa shape index (κ1) is 49.7. The molecule has 7 rings (SSSR count). The largest absolute Gasteiger partial charge is 0.456 e. The number of fused-ring (bicyclic) bond motifs is 5. The van der Waals surface area contributed by atoms with E-state index in [9.17, 15) is 29.7 Å². The van der Waals surface area contributed by atoms with E-state index in [1.54, 1.807) is 119 Å². The fourth-order valence-electron chi connectivity index (χ4n) is 11.3. The lowest BCUT2D eigenvalue weighted by Crippen LogP contribution is -2.81. The summed E-state index contributed by atoms with van der Waals surface area (Å²) in [7, 11) is -2.52. The number of benzene rings is 3. The molecule has 1 heterocycles. The molecule has 0 spiro atoms. The van der Waals surface area contributed by atoms with Gasteiger partial charge in [-0.1, -0.05) is 101 Å². The summed E-state index contributed by atoms with van der Waals surface area (Å²) in [5.74, 6) is -4.16. The molecule has 1 saturated heterocycles. The number of esters is 2. The summed E-state index contributed by atoms with van der Waals surface area (Å²) >= 11 is 1.31. The number of hydrogen-bond donors (Lipinski definition) is 4. The maximum absolute atomic E-state index is 15.7. The highest BCUT2D eigenvalue weighted by Crippen LogP contribution is 2.64. The first-order valence-electron chi connectivity index (χ1n) is 23.0. The Hall–Kier alpha value is -4.19. The molecule has 3 aromatic carbocycles. The molecule has 13 nitrogen and oxygen atoms in total. The molecule has 3 fully saturated rings. The number of ether oxygens (including phenoxy) is 4. The molecule has 3 aromatic rings. The zero-order chi connectivity index (χ0) is 47.8. The van der Waals surface area contributed by atoms with E-state index in [0.717, 1.165) is 18.1 Å². The fraction of sp³-hybridized carbons (Fsp3) is 0.529. The topological polar surface area (TPSA) is 187 Å². The van der Waals surface area contributed by atoms with Gasteiger partial charge in [0.15, 0.2) is 20.2 Å². The van der Waals surface area contributed by atoms with Crippen molar-refractivity contribution in [3.05, 3.63) is 119 Å². The van der Waals surface area contributed by atoms with Crippen molar-refractivity contribution in [2.45, 2.75) is 133 Å². The number of aliphatic hydroxyl groups is 3. The Morgan fingerprint density at radius 1 is 0.879 bits per heavy atom. The van der Waals surface area contributed by atoms with Crippen molar-refractivity contribution < 1.29 is 57.9 Å². The number of thioether (sulfide) groups is 1. The van der Waals surface area contributed by atoms with E-state index in [-0.39, 0.29) is 36.5 Å². The van der Waals surface area contributed by atoms with Gasteiger partial charge >= 0.3 is 11.9 Å². The van der Waals surface area contributed by atoms with Crippen LogP contribution < -0.4 is 5.32 Å². The van der Waals surface area contributed by atoms with Gasteiger partial charge in [0.1, 0.15) is 29.5 Å². The Bertz CT molecular complexity index is 2270. The summed E-state index contributed by atoms with van der Waals surface area (Å²) in [4.78, 5) is 58.8. The molecule has 9 unspecified atom stereocenters. The number of nitrogens with one attached hydrogen (secondary N) is 1. The quantitative estimate of drug-likeness (QED) is 0.0500. The maximum atomic E-state index is 15.7. The van der Waals surface area contributed by atoms with E-state index < -0.39 is 103 Å². The third-order valence-corrected chi connectivity index (χ3v) is 20.6. The first-order valence-corrected chi connectivity index (χ1v) is 26.9. The normalized spacial score (nSPS) is 31.2. The number of Topliss-reactive ketones (excluding diaryl/α,β-unsaturated/α-hetero) is 1. The van der Waals surface area contributed by atoms with Crippen LogP contribution in [0.1, 0.15) is 93.6 Å². The summed E-state index contributed by atoms with van der Waals surface area (Å²) in [5.41, 5.74) is -5.81. The van der Waals surface area contributed by atoms with Gasteiger partial charge in [-0.25, -0.2) is 9.59 Å². The first-order chi connectivity index (χ1) is 31.4. The van der Waals surface area contributed by atoms with E-state index >= 15 is 4.79 Å². The summed E-state index contributed by atoms with van der Waals surface area (Å²) in [6, 6.07) is 26.9. The minimum Gasteiger partial charge on any atom is -0.456 e. The van der Waals surface area contributed by atoms with E-state index in [1.165, 1.54) is 11.8 Å². The Balaban J connectivity index is 1.38. The van der Waals surface area contributed by atoms with Crippen LogP contribution in [0, 0.1) is 16.7 Å². The van der Waals surface area contributed by atoms with E-state index in [0.29, 0.717) is 16.7 Å². The summed E-state index contributed by atoms with van der Waals surface area (Å²) in [6.45, 7) is 12.6. The van der Waals surface area contributed by atoms with E-state index in [2.05, 4.69) is 26.1 Å². The van der Waals surface area contributed by atoms with Crippen LogP contribution >= 0.6 is 11.8 Å². The summed E-state index contributed by atoms with van der Waals surface area (Å²) < 4.78 is 32.5. The number of carbonyl (C=O) groups is 4. The molecular weight excluding hydrogens is 879 g/mol. The molecule has 0 radical (unpaired) electrons. The Kier molecular flexibility index (Phi) is 14.6. The molecule has 11 atom stereocenters. The zero-order valence-electron chi connectivity index (χ0n) is 39.2. The van der Waals surface area contributed by atoms with Gasteiger partial charge in [0, 0.05) is 29.7 Å². The SMILES string of the molecule is CC[Si](CC)(CC)OC1CC2OC[C@@]2(O)C2C(OC(=O)c3ccccc3)C3(O)CC(OC(=O)C(OCSC)C(NC(=O)c4ccccc4)c4ccccc4)C(C)=C(C(O)C(=O)[C@]12C)C3(C)C. The van der Waals surface area contributed by atoms with E-state index in [4.69, 9.17) is 23.4 Å². The predicted octanol–water partition coefficient (Wildman–Crippen LogP) is 6.97. The van der Waals surface area contributed by atoms with Crippen molar-refractivity contribution >= 4 is 43.7 Å². The third kappa shape index (κ3) is 8.52. The lowest BCUT2D eigenvalue weighted by atomic mass is 9.44. The van der Waals surface area contributed by atoms with Crippen molar-refractivity contribution in [2.75, 3.05) is 18.8 Å². The highest BCUT2D eigenvalue weighted by atomic mass is 32.2. The standard InChI is InChI=1S/C51H65NO12SSi/c1-9-66(10-2,11-3)64-36-27-37-50(58,29-60-37)42-44(63-46(56)34-25-19-14-20-26-34)51(59)28-35(31(4)38(48(51,5)6)40(53)43(54)49(36,42)7)62-47(57)41(61-30-65-8)39(32-21-15-12-16-22-32)52-45(55)33-23-17-13-18-24-33/h12-26,35-37,39-42,44,53,58-59H,9-11,27-30H2,1-8H3,(H,52,55)/t35?,36?,37?,39?,40?,41?,42?,44?,49-,50+,51?/m1/s1. The smallest absolute Gasteiger partial charge is 0.338 e.